The lowest BCUT2D eigenvalue weighted by Crippen LogP contribution is -1.98. The standard InChI is InChI=1S/C17H13FN4O/c1-11-5-6-14(18)16(7-11)23-10-12-3-2-4-13(8-12)17-15(9-19)20-22-21-17/h2-8H,10H2,1H3,(H,20,21,22). The number of nitriles is 1. The summed E-state index contributed by atoms with van der Waals surface area (Å²) in [7, 11) is 0. The van der Waals surface area contributed by atoms with Crippen LogP contribution in [0.25, 0.3) is 11.3 Å². The van der Waals surface area contributed by atoms with Crippen LogP contribution in [0.1, 0.15) is 16.8 Å². The highest BCUT2D eigenvalue weighted by Crippen LogP contribution is 2.23. The Kier molecular flexibility index (Phi) is 4.02. The Morgan fingerprint density at radius 1 is 1.22 bits per heavy atom. The van der Waals surface area contributed by atoms with Gasteiger partial charge in [-0.2, -0.15) is 15.6 Å². The summed E-state index contributed by atoms with van der Waals surface area (Å²) in [6, 6.07) is 14.1. The zero-order chi connectivity index (χ0) is 16.2. The van der Waals surface area contributed by atoms with Gasteiger partial charge in [-0.15, -0.1) is 5.10 Å². The van der Waals surface area contributed by atoms with E-state index in [-0.39, 0.29) is 18.1 Å². The van der Waals surface area contributed by atoms with E-state index in [1.807, 2.05) is 37.3 Å². The first-order valence-electron chi connectivity index (χ1n) is 6.96. The quantitative estimate of drug-likeness (QED) is 0.802. The van der Waals surface area contributed by atoms with E-state index in [1.54, 1.807) is 12.1 Å². The summed E-state index contributed by atoms with van der Waals surface area (Å²) in [6.45, 7) is 2.09. The Bertz CT molecular complexity index is 882. The number of aromatic nitrogens is 3. The van der Waals surface area contributed by atoms with Crippen molar-refractivity contribution in [2.24, 2.45) is 0 Å². The summed E-state index contributed by atoms with van der Waals surface area (Å²) in [5.41, 5.74) is 3.23. The van der Waals surface area contributed by atoms with Gasteiger partial charge in [0.05, 0.1) is 0 Å². The molecule has 3 rings (SSSR count). The second kappa shape index (κ2) is 6.28. The van der Waals surface area contributed by atoms with Gasteiger partial charge in [-0.05, 0) is 36.2 Å². The Labute approximate surface area is 132 Å². The van der Waals surface area contributed by atoms with Crippen LogP contribution in [-0.2, 0) is 6.61 Å². The first-order chi connectivity index (χ1) is 11.2. The summed E-state index contributed by atoms with van der Waals surface area (Å²) in [5, 5.41) is 19.2. The van der Waals surface area contributed by atoms with Crippen molar-refractivity contribution in [3.05, 3.63) is 65.1 Å². The van der Waals surface area contributed by atoms with Crippen molar-refractivity contribution in [3.63, 3.8) is 0 Å². The van der Waals surface area contributed by atoms with Gasteiger partial charge in [0.2, 0.25) is 0 Å². The zero-order valence-electron chi connectivity index (χ0n) is 12.4. The molecule has 1 N–H and O–H groups in total. The fourth-order valence-electron chi connectivity index (χ4n) is 2.20. The smallest absolute Gasteiger partial charge is 0.190 e. The monoisotopic (exact) mass is 308 g/mol. The topological polar surface area (TPSA) is 74.6 Å². The van der Waals surface area contributed by atoms with Crippen LogP contribution in [0.2, 0.25) is 0 Å². The van der Waals surface area contributed by atoms with Crippen molar-refractivity contribution in [2.75, 3.05) is 0 Å². The molecule has 0 spiro atoms. The normalized spacial score (nSPS) is 10.3. The number of H-pyrrole nitrogens is 1. The molecule has 5 nitrogen and oxygen atoms in total. The van der Waals surface area contributed by atoms with Gasteiger partial charge in [0, 0.05) is 5.56 Å². The molecular weight excluding hydrogens is 295 g/mol. The summed E-state index contributed by atoms with van der Waals surface area (Å²) in [5.74, 6) is -0.176. The molecule has 1 aromatic heterocycles. The maximum atomic E-state index is 13.7. The number of benzene rings is 2. The van der Waals surface area contributed by atoms with Crippen LogP contribution in [0.5, 0.6) is 5.75 Å². The Balaban J connectivity index is 1.81. The molecule has 3 aromatic rings. The predicted molar refractivity (Wildman–Crippen MR) is 82.0 cm³/mol. The number of halogens is 1. The third-order valence-electron chi connectivity index (χ3n) is 3.34. The van der Waals surface area contributed by atoms with Crippen molar-refractivity contribution in [1.29, 1.82) is 5.26 Å². The van der Waals surface area contributed by atoms with E-state index in [2.05, 4.69) is 15.4 Å². The molecule has 0 atom stereocenters. The van der Waals surface area contributed by atoms with Gasteiger partial charge in [0.1, 0.15) is 18.4 Å². The average Bonchev–Trinajstić information content (AvgIpc) is 3.04. The molecule has 1 heterocycles. The number of hydrogen-bond acceptors (Lipinski definition) is 4. The van der Waals surface area contributed by atoms with Gasteiger partial charge < -0.3 is 4.74 Å². The van der Waals surface area contributed by atoms with E-state index in [9.17, 15) is 4.39 Å². The van der Waals surface area contributed by atoms with E-state index in [0.29, 0.717) is 5.69 Å². The van der Waals surface area contributed by atoms with Crippen molar-refractivity contribution in [3.8, 4) is 23.1 Å². The van der Waals surface area contributed by atoms with Gasteiger partial charge in [0.15, 0.2) is 17.3 Å². The molecule has 0 aliphatic carbocycles. The minimum atomic E-state index is -0.393. The lowest BCUT2D eigenvalue weighted by molar-refractivity contribution is 0.290. The highest BCUT2D eigenvalue weighted by molar-refractivity contribution is 5.64. The molecule has 6 heteroatoms. The molecule has 0 amide bonds. The van der Waals surface area contributed by atoms with Crippen LogP contribution in [-0.4, -0.2) is 15.4 Å². The molecule has 0 bridgehead atoms. The zero-order valence-corrected chi connectivity index (χ0v) is 12.4. The maximum absolute atomic E-state index is 13.7. The Morgan fingerprint density at radius 2 is 2.09 bits per heavy atom. The van der Waals surface area contributed by atoms with Crippen LogP contribution in [0, 0.1) is 24.1 Å². The van der Waals surface area contributed by atoms with Gasteiger partial charge in [-0.1, -0.05) is 24.3 Å². The first-order valence-corrected chi connectivity index (χ1v) is 6.96. The fraction of sp³-hybridized carbons (Fsp3) is 0.118. The number of aryl methyl sites for hydroxylation is 1. The fourth-order valence-corrected chi connectivity index (χ4v) is 2.20. The van der Waals surface area contributed by atoms with Crippen molar-refractivity contribution in [2.45, 2.75) is 13.5 Å². The lowest BCUT2D eigenvalue weighted by Gasteiger charge is -2.09. The van der Waals surface area contributed by atoms with Crippen molar-refractivity contribution < 1.29 is 9.13 Å². The molecule has 2 aromatic carbocycles. The van der Waals surface area contributed by atoms with E-state index < -0.39 is 5.82 Å². The van der Waals surface area contributed by atoms with Gasteiger partial charge in [-0.3, -0.25) is 0 Å². The highest BCUT2D eigenvalue weighted by Gasteiger charge is 2.10. The Hall–Kier alpha value is -3.20. The molecule has 0 unspecified atom stereocenters. The minimum absolute atomic E-state index is 0.216. The van der Waals surface area contributed by atoms with Crippen LogP contribution in [0.15, 0.2) is 42.5 Å². The van der Waals surface area contributed by atoms with E-state index >= 15 is 0 Å². The second-order valence-corrected chi connectivity index (χ2v) is 5.06. The number of nitrogens with zero attached hydrogens (tertiary/aromatic N) is 3. The largest absolute Gasteiger partial charge is 0.486 e. The average molecular weight is 308 g/mol. The second-order valence-electron chi connectivity index (χ2n) is 5.06. The third kappa shape index (κ3) is 3.19. The van der Waals surface area contributed by atoms with Gasteiger partial charge >= 0.3 is 0 Å². The summed E-state index contributed by atoms with van der Waals surface area (Å²) < 4.78 is 19.2. The lowest BCUT2D eigenvalue weighted by atomic mass is 10.1. The molecule has 0 aliphatic heterocycles. The highest BCUT2D eigenvalue weighted by atomic mass is 19.1. The molecule has 0 radical (unpaired) electrons. The molecule has 0 saturated heterocycles. The Morgan fingerprint density at radius 3 is 2.91 bits per heavy atom. The van der Waals surface area contributed by atoms with E-state index in [1.165, 1.54) is 6.07 Å². The maximum Gasteiger partial charge on any atom is 0.190 e. The van der Waals surface area contributed by atoms with Crippen LogP contribution >= 0.6 is 0 Å². The van der Waals surface area contributed by atoms with Crippen molar-refractivity contribution >= 4 is 0 Å². The van der Waals surface area contributed by atoms with Crippen LogP contribution in [0.4, 0.5) is 4.39 Å². The molecule has 114 valence electrons. The molecule has 23 heavy (non-hydrogen) atoms. The molecule has 0 fully saturated rings. The van der Waals surface area contributed by atoms with E-state index in [4.69, 9.17) is 10.00 Å². The van der Waals surface area contributed by atoms with Crippen LogP contribution < -0.4 is 4.74 Å². The van der Waals surface area contributed by atoms with Gasteiger partial charge in [-0.25, -0.2) is 4.39 Å². The number of nitrogens with one attached hydrogen (secondary N) is 1. The summed E-state index contributed by atoms with van der Waals surface area (Å²) in [4.78, 5) is 0. The molecular formula is C17H13FN4O. The molecule has 0 saturated carbocycles. The van der Waals surface area contributed by atoms with Crippen molar-refractivity contribution in [1.82, 2.24) is 15.4 Å². The summed E-state index contributed by atoms with van der Waals surface area (Å²) in [6.07, 6.45) is 0. The predicted octanol–water partition coefficient (Wildman–Crippen LogP) is 3.37. The minimum Gasteiger partial charge on any atom is -0.486 e. The number of hydrogen-bond donors (Lipinski definition) is 1. The number of aromatic amines is 1. The molecule has 0 aliphatic rings. The SMILES string of the molecule is Cc1ccc(F)c(OCc2cccc(-c3n[nH]nc3C#N)c2)c1. The van der Waals surface area contributed by atoms with E-state index in [0.717, 1.165) is 16.7 Å². The number of ether oxygens (including phenoxy) is 1. The summed E-state index contributed by atoms with van der Waals surface area (Å²) >= 11 is 0. The third-order valence-corrected chi connectivity index (χ3v) is 3.34. The van der Waals surface area contributed by atoms with Crippen LogP contribution in [0.3, 0.4) is 0 Å². The number of rotatable bonds is 4. The first kappa shape index (κ1) is 14.7. The van der Waals surface area contributed by atoms with Gasteiger partial charge in [0.25, 0.3) is 0 Å².